The van der Waals surface area contributed by atoms with Crippen molar-refractivity contribution in [3.05, 3.63) is 59.1 Å². The Bertz CT molecular complexity index is 698. The van der Waals surface area contributed by atoms with Crippen LogP contribution < -0.4 is 10.1 Å². The lowest BCUT2D eigenvalue weighted by atomic mass is 10.2. The molecule has 5 nitrogen and oxygen atoms in total. The average molecular weight is 348 g/mol. The van der Waals surface area contributed by atoms with E-state index in [-0.39, 0.29) is 6.61 Å². The molecule has 0 radical (unpaired) electrons. The molecule has 126 valence electrons. The lowest BCUT2D eigenvalue weighted by Gasteiger charge is -2.14. The molecule has 1 amide bonds. The highest BCUT2D eigenvalue weighted by molar-refractivity contribution is 6.30. The van der Waals surface area contributed by atoms with E-state index in [0.717, 1.165) is 5.56 Å². The van der Waals surface area contributed by atoms with Gasteiger partial charge in [0, 0.05) is 10.7 Å². The molecule has 0 saturated carbocycles. The topological polar surface area (TPSA) is 64.6 Å². The van der Waals surface area contributed by atoms with Gasteiger partial charge in [0.05, 0.1) is 0 Å². The monoisotopic (exact) mass is 347 g/mol. The lowest BCUT2D eigenvalue weighted by Crippen LogP contribution is -2.29. The van der Waals surface area contributed by atoms with Crippen molar-refractivity contribution in [1.82, 2.24) is 0 Å². The molecule has 0 aromatic heterocycles. The SMILES string of the molecule is Cc1ccc(NC(=O)COC(=O)C(C)Oc2ccc(Cl)cc2)cc1. The van der Waals surface area contributed by atoms with E-state index in [1.54, 1.807) is 43.3 Å². The summed E-state index contributed by atoms with van der Waals surface area (Å²) in [6.45, 7) is 3.13. The van der Waals surface area contributed by atoms with Gasteiger partial charge in [-0.3, -0.25) is 4.79 Å². The van der Waals surface area contributed by atoms with Gasteiger partial charge in [0.1, 0.15) is 5.75 Å². The number of aryl methyl sites for hydroxylation is 1. The predicted molar refractivity (Wildman–Crippen MR) is 92.3 cm³/mol. The number of hydrogen-bond donors (Lipinski definition) is 1. The second kappa shape index (κ2) is 8.36. The molecule has 0 spiro atoms. The molecular weight excluding hydrogens is 330 g/mol. The zero-order valence-corrected chi connectivity index (χ0v) is 14.2. The van der Waals surface area contributed by atoms with Gasteiger partial charge < -0.3 is 14.8 Å². The lowest BCUT2D eigenvalue weighted by molar-refractivity contribution is -0.153. The van der Waals surface area contributed by atoms with Gasteiger partial charge in [-0.2, -0.15) is 0 Å². The summed E-state index contributed by atoms with van der Waals surface area (Å²) in [6, 6.07) is 13.9. The van der Waals surface area contributed by atoms with Gasteiger partial charge >= 0.3 is 5.97 Å². The Morgan fingerprint density at radius 3 is 2.33 bits per heavy atom. The van der Waals surface area contributed by atoms with E-state index < -0.39 is 18.0 Å². The molecule has 2 aromatic carbocycles. The molecule has 24 heavy (non-hydrogen) atoms. The number of ether oxygens (including phenoxy) is 2. The van der Waals surface area contributed by atoms with Crippen molar-refractivity contribution in [2.45, 2.75) is 20.0 Å². The van der Waals surface area contributed by atoms with Crippen molar-refractivity contribution >= 4 is 29.2 Å². The molecule has 0 bridgehead atoms. The number of halogens is 1. The molecule has 0 aliphatic carbocycles. The van der Waals surface area contributed by atoms with Crippen molar-refractivity contribution < 1.29 is 19.1 Å². The van der Waals surface area contributed by atoms with Crippen LogP contribution in [-0.4, -0.2) is 24.6 Å². The van der Waals surface area contributed by atoms with E-state index in [4.69, 9.17) is 21.1 Å². The third-order valence-corrected chi connectivity index (χ3v) is 3.39. The molecule has 2 aromatic rings. The van der Waals surface area contributed by atoms with E-state index in [2.05, 4.69) is 5.32 Å². The maximum Gasteiger partial charge on any atom is 0.347 e. The first kappa shape index (κ1) is 17.8. The van der Waals surface area contributed by atoms with Crippen LogP contribution >= 0.6 is 11.6 Å². The third kappa shape index (κ3) is 5.59. The van der Waals surface area contributed by atoms with Crippen LogP contribution in [0.5, 0.6) is 5.75 Å². The summed E-state index contributed by atoms with van der Waals surface area (Å²) in [6.07, 6.45) is -0.835. The number of hydrogen-bond acceptors (Lipinski definition) is 4. The molecule has 2 rings (SSSR count). The van der Waals surface area contributed by atoms with Crippen LogP contribution in [0.2, 0.25) is 5.02 Å². The Morgan fingerprint density at radius 2 is 1.71 bits per heavy atom. The van der Waals surface area contributed by atoms with Gasteiger partial charge in [-0.15, -0.1) is 0 Å². The van der Waals surface area contributed by atoms with Gasteiger partial charge in [0.25, 0.3) is 5.91 Å². The predicted octanol–water partition coefficient (Wildman–Crippen LogP) is 3.60. The first-order valence-corrected chi connectivity index (χ1v) is 7.77. The minimum atomic E-state index is -0.835. The molecule has 0 saturated heterocycles. The second-order valence-corrected chi connectivity index (χ2v) is 5.67. The average Bonchev–Trinajstić information content (AvgIpc) is 2.57. The molecule has 0 aliphatic rings. The molecule has 6 heteroatoms. The number of rotatable bonds is 6. The molecule has 1 N–H and O–H groups in total. The standard InChI is InChI=1S/C18H18ClNO4/c1-12-3-7-15(8-4-12)20-17(21)11-23-18(22)13(2)24-16-9-5-14(19)6-10-16/h3-10,13H,11H2,1-2H3,(H,20,21). The van der Waals surface area contributed by atoms with Gasteiger partial charge in [0.2, 0.25) is 0 Å². The quantitative estimate of drug-likeness (QED) is 0.811. The number of nitrogens with one attached hydrogen (secondary N) is 1. The smallest absolute Gasteiger partial charge is 0.347 e. The summed E-state index contributed by atoms with van der Waals surface area (Å²) in [5.41, 5.74) is 1.74. The van der Waals surface area contributed by atoms with Gasteiger partial charge in [-0.05, 0) is 50.2 Å². The fraction of sp³-hybridized carbons (Fsp3) is 0.222. The highest BCUT2D eigenvalue weighted by Gasteiger charge is 2.17. The van der Waals surface area contributed by atoms with Crippen molar-refractivity contribution in [2.75, 3.05) is 11.9 Å². The first-order valence-electron chi connectivity index (χ1n) is 7.39. The summed E-state index contributed by atoms with van der Waals surface area (Å²) >= 11 is 5.78. The Kier molecular flexibility index (Phi) is 6.21. The Hall–Kier alpha value is -2.53. The van der Waals surface area contributed by atoms with E-state index in [1.165, 1.54) is 0 Å². The number of anilines is 1. The molecule has 0 fully saturated rings. The minimum absolute atomic E-state index is 0.374. The largest absolute Gasteiger partial charge is 0.479 e. The maximum atomic E-state index is 11.9. The van der Waals surface area contributed by atoms with Crippen molar-refractivity contribution in [3.63, 3.8) is 0 Å². The van der Waals surface area contributed by atoms with Crippen LogP contribution in [0.1, 0.15) is 12.5 Å². The number of amides is 1. The van der Waals surface area contributed by atoms with Gasteiger partial charge in [0.15, 0.2) is 12.7 Å². The molecular formula is C18H18ClNO4. The van der Waals surface area contributed by atoms with Crippen LogP contribution in [0, 0.1) is 6.92 Å². The Morgan fingerprint density at radius 1 is 1.08 bits per heavy atom. The third-order valence-electron chi connectivity index (χ3n) is 3.14. The van der Waals surface area contributed by atoms with Crippen LogP contribution in [-0.2, 0) is 14.3 Å². The fourth-order valence-electron chi connectivity index (χ4n) is 1.85. The van der Waals surface area contributed by atoms with Crippen molar-refractivity contribution in [2.24, 2.45) is 0 Å². The van der Waals surface area contributed by atoms with Crippen LogP contribution in [0.15, 0.2) is 48.5 Å². The summed E-state index contributed by atoms with van der Waals surface area (Å²) in [5.74, 6) is -0.539. The maximum absolute atomic E-state index is 11.9. The number of esters is 1. The second-order valence-electron chi connectivity index (χ2n) is 5.24. The van der Waals surface area contributed by atoms with Crippen LogP contribution in [0.3, 0.4) is 0 Å². The summed E-state index contributed by atoms with van der Waals surface area (Å²) in [5, 5.41) is 3.22. The highest BCUT2D eigenvalue weighted by Crippen LogP contribution is 2.17. The minimum Gasteiger partial charge on any atom is -0.479 e. The van der Waals surface area contributed by atoms with E-state index in [9.17, 15) is 9.59 Å². The summed E-state index contributed by atoms with van der Waals surface area (Å²) in [7, 11) is 0. The van der Waals surface area contributed by atoms with Gasteiger partial charge in [-0.25, -0.2) is 4.79 Å². The highest BCUT2D eigenvalue weighted by atomic mass is 35.5. The van der Waals surface area contributed by atoms with Crippen molar-refractivity contribution in [3.8, 4) is 5.75 Å². The van der Waals surface area contributed by atoms with Crippen LogP contribution in [0.4, 0.5) is 5.69 Å². The fourth-order valence-corrected chi connectivity index (χ4v) is 1.98. The normalized spacial score (nSPS) is 11.5. The summed E-state index contributed by atoms with van der Waals surface area (Å²) < 4.78 is 10.4. The Balaban J connectivity index is 1.77. The van der Waals surface area contributed by atoms with E-state index >= 15 is 0 Å². The zero-order valence-electron chi connectivity index (χ0n) is 13.4. The van der Waals surface area contributed by atoms with Crippen molar-refractivity contribution in [1.29, 1.82) is 0 Å². The summed E-state index contributed by atoms with van der Waals surface area (Å²) in [4.78, 5) is 23.6. The van der Waals surface area contributed by atoms with Gasteiger partial charge in [-0.1, -0.05) is 29.3 Å². The number of carbonyl (C=O) groups excluding carboxylic acids is 2. The molecule has 1 atom stereocenters. The Labute approximate surface area is 145 Å². The molecule has 0 heterocycles. The first-order chi connectivity index (χ1) is 11.4. The zero-order chi connectivity index (χ0) is 17.5. The van der Waals surface area contributed by atoms with Crippen LogP contribution in [0.25, 0.3) is 0 Å². The number of benzene rings is 2. The number of carbonyl (C=O) groups is 2. The van der Waals surface area contributed by atoms with E-state index in [1.807, 2.05) is 19.1 Å². The molecule has 0 aliphatic heterocycles. The molecule has 1 unspecified atom stereocenters. The van der Waals surface area contributed by atoms with E-state index in [0.29, 0.717) is 16.5 Å².